The average molecular weight is 251 g/mol. The maximum atomic E-state index is 10.9. The van der Waals surface area contributed by atoms with Gasteiger partial charge in [0.25, 0.3) is 0 Å². The fourth-order valence-corrected chi connectivity index (χ4v) is 3.95. The predicted octanol–water partition coefficient (Wildman–Crippen LogP) is 1.42. The topological polar surface area (TPSA) is 60.2 Å². The van der Waals surface area contributed by atoms with E-state index in [-0.39, 0.29) is 11.8 Å². The van der Waals surface area contributed by atoms with E-state index in [4.69, 9.17) is 5.73 Å². The minimum absolute atomic E-state index is 0.178. The molecular weight excluding hydrogens is 230 g/mol. The first-order valence-electron chi connectivity index (χ1n) is 5.54. The van der Waals surface area contributed by atoms with Crippen molar-refractivity contribution < 1.29 is 8.42 Å². The number of thioether (sulfide) groups is 1. The minimum atomic E-state index is -2.81. The Kier molecular flexibility index (Phi) is 5.43. The van der Waals surface area contributed by atoms with Gasteiger partial charge in [0, 0.05) is 23.3 Å². The van der Waals surface area contributed by atoms with E-state index < -0.39 is 9.84 Å². The largest absolute Gasteiger partial charge is 0.327 e. The molecule has 0 aromatic carbocycles. The lowest BCUT2D eigenvalue weighted by atomic mass is 10.0. The van der Waals surface area contributed by atoms with E-state index in [2.05, 4.69) is 0 Å². The molecule has 90 valence electrons. The van der Waals surface area contributed by atoms with Crippen LogP contribution in [0.3, 0.4) is 0 Å². The molecular formula is C10H21NO2S2. The summed E-state index contributed by atoms with van der Waals surface area (Å²) >= 11 is 1.95. The van der Waals surface area contributed by atoms with Crippen LogP contribution in [0.4, 0.5) is 0 Å². The molecule has 0 aromatic rings. The van der Waals surface area contributed by atoms with Crippen LogP contribution in [-0.4, -0.2) is 37.5 Å². The van der Waals surface area contributed by atoms with Crippen molar-refractivity contribution in [2.24, 2.45) is 5.73 Å². The summed E-state index contributed by atoms with van der Waals surface area (Å²) in [5, 5.41) is 0.554. The average Bonchev–Trinajstić information content (AvgIpc) is 2.17. The van der Waals surface area contributed by atoms with E-state index in [1.807, 2.05) is 11.8 Å². The number of nitrogens with two attached hydrogens (primary N) is 1. The monoisotopic (exact) mass is 251 g/mol. The van der Waals surface area contributed by atoms with Gasteiger partial charge in [0.1, 0.15) is 9.84 Å². The molecule has 15 heavy (non-hydrogen) atoms. The van der Waals surface area contributed by atoms with Gasteiger partial charge in [0.15, 0.2) is 0 Å². The van der Waals surface area contributed by atoms with E-state index in [0.29, 0.717) is 11.7 Å². The van der Waals surface area contributed by atoms with Crippen LogP contribution in [0.1, 0.15) is 32.1 Å². The maximum Gasteiger partial charge on any atom is 0.147 e. The van der Waals surface area contributed by atoms with Gasteiger partial charge in [0.2, 0.25) is 0 Å². The van der Waals surface area contributed by atoms with Crippen molar-refractivity contribution in [2.75, 3.05) is 17.8 Å². The molecule has 3 nitrogen and oxygen atoms in total. The molecule has 2 unspecified atom stereocenters. The molecule has 1 aliphatic heterocycles. The Morgan fingerprint density at radius 3 is 2.73 bits per heavy atom. The first-order valence-corrected chi connectivity index (χ1v) is 8.65. The van der Waals surface area contributed by atoms with Gasteiger partial charge in [0.05, 0.1) is 0 Å². The quantitative estimate of drug-likeness (QED) is 0.803. The summed E-state index contributed by atoms with van der Waals surface area (Å²) in [6, 6.07) is 0.178. The molecule has 0 bridgehead atoms. The SMILES string of the molecule is CS(=O)(=O)CCCC(N)C1CCCCS1. The van der Waals surface area contributed by atoms with Crippen LogP contribution >= 0.6 is 11.8 Å². The first kappa shape index (κ1) is 13.3. The molecule has 0 amide bonds. The minimum Gasteiger partial charge on any atom is -0.327 e. The van der Waals surface area contributed by atoms with Crippen LogP contribution in [0, 0.1) is 0 Å². The van der Waals surface area contributed by atoms with Crippen molar-refractivity contribution in [3.8, 4) is 0 Å². The van der Waals surface area contributed by atoms with Crippen molar-refractivity contribution in [1.82, 2.24) is 0 Å². The van der Waals surface area contributed by atoms with E-state index in [9.17, 15) is 8.42 Å². The fourth-order valence-electron chi connectivity index (χ4n) is 1.87. The molecule has 0 radical (unpaired) electrons. The lowest BCUT2D eigenvalue weighted by Crippen LogP contribution is -2.34. The maximum absolute atomic E-state index is 10.9. The molecule has 0 aromatic heterocycles. The van der Waals surface area contributed by atoms with E-state index in [0.717, 1.165) is 6.42 Å². The Bertz CT molecular complexity index is 271. The molecule has 1 aliphatic rings. The molecule has 1 heterocycles. The number of hydrogen-bond acceptors (Lipinski definition) is 4. The molecule has 1 saturated heterocycles. The van der Waals surface area contributed by atoms with Gasteiger partial charge >= 0.3 is 0 Å². The van der Waals surface area contributed by atoms with Crippen molar-refractivity contribution in [2.45, 2.75) is 43.4 Å². The van der Waals surface area contributed by atoms with Gasteiger partial charge in [-0.2, -0.15) is 11.8 Å². The van der Waals surface area contributed by atoms with Crippen LogP contribution in [0.2, 0.25) is 0 Å². The normalized spacial score (nSPS) is 25.1. The summed E-state index contributed by atoms with van der Waals surface area (Å²) in [5.41, 5.74) is 6.06. The van der Waals surface area contributed by atoms with Gasteiger partial charge in [-0.25, -0.2) is 8.42 Å². The smallest absolute Gasteiger partial charge is 0.147 e. The zero-order valence-corrected chi connectivity index (χ0v) is 10.9. The number of hydrogen-bond donors (Lipinski definition) is 1. The lowest BCUT2D eigenvalue weighted by Gasteiger charge is -2.26. The number of rotatable bonds is 5. The Balaban J connectivity index is 2.20. The number of sulfone groups is 1. The predicted molar refractivity (Wildman–Crippen MR) is 67.0 cm³/mol. The molecule has 0 saturated carbocycles. The van der Waals surface area contributed by atoms with E-state index >= 15 is 0 Å². The summed E-state index contributed by atoms with van der Waals surface area (Å²) in [6.45, 7) is 0. The van der Waals surface area contributed by atoms with Crippen LogP contribution in [0.25, 0.3) is 0 Å². The molecule has 1 rings (SSSR count). The standard InChI is InChI=1S/C10H21NO2S2/c1-15(12,13)8-4-5-9(11)10-6-2-3-7-14-10/h9-10H,2-8,11H2,1H3. The molecule has 1 fully saturated rings. The van der Waals surface area contributed by atoms with Crippen molar-refractivity contribution in [1.29, 1.82) is 0 Å². The Morgan fingerprint density at radius 2 is 2.20 bits per heavy atom. The third-order valence-corrected chi connectivity index (χ3v) is 5.31. The summed E-state index contributed by atoms with van der Waals surface area (Å²) in [4.78, 5) is 0. The zero-order chi connectivity index (χ0) is 11.3. The highest BCUT2D eigenvalue weighted by Gasteiger charge is 2.20. The Hall–Kier alpha value is 0.260. The van der Waals surface area contributed by atoms with Gasteiger partial charge in [-0.3, -0.25) is 0 Å². The van der Waals surface area contributed by atoms with Crippen LogP contribution < -0.4 is 5.73 Å². The highest BCUT2D eigenvalue weighted by molar-refractivity contribution is 8.00. The lowest BCUT2D eigenvalue weighted by molar-refractivity contribution is 0.525. The molecule has 0 aliphatic carbocycles. The van der Waals surface area contributed by atoms with Crippen LogP contribution in [-0.2, 0) is 9.84 Å². The highest BCUT2D eigenvalue weighted by atomic mass is 32.2. The Labute approximate surface area is 97.1 Å². The van der Waals surface area contributed by atoms with Gasteiger partial charge in [-0.05, 0) is 31.4 Å². The summed E-state index contributed by atoms with van der Waals surface area (Å²) < 4.78 is 21.9. The van der Waals surface area contributed by atoms with E-state index in [1.165, 1.54) is 31.3 Å². The summed E-state index contributed by atoms with van der Waals surface area (Å²) in [5.74, 6) is 1.49. The van der Waals surface area contributed by atoms with Crippen molar-refractivity contribution in [3.63, 3.8) is 0 Å². The van der Waals surface area contributed by atoms with Gasteiger partial charge in [-0.1, -0.05) is 6.42 Å². The van der Waals surface area contributed by atoms with Gasteiger partial charge < -0.3 is 5.73 Å². The fraction of sp³-hybridized carbons (Fsp3) is 1.00. The third kappa shape index (κ3) is 5.78. The van der Waals surface area contributed by atoms with Crippen molar-refractivity contribution in [3.05, 3.63) is 0 Å². The second kappa shape index (κ2) is 6.11. The molecule has 0 spiro atoms. The second-order valence-corrected chi connectivity index (χ2v) is 7.95. The third-order valence-electron chi connectivity index (χ3n) is 2.75. The van der Waals surface area contributed by atoms with Gasteiger partial charge in [-0.15, -0.1) is 0 Å². The van der Waals surface area contributed by atoms with Crippen molar-refractivity contribution >= 4 is 21.6 Å². The second-order valence-electron chi connectivity index (χ2n) is 4.34. The van der Waals surface area contributed by atoms with Crippen LogP contribution in [0.15, 0.2) is 0 Å². The molecule has 5 heteroatoms. The van der Waals surface area contributed by atoms with E-state index in [1.54, 1.807) is 0 Å². The van der Waals surface area contributed by atoms with Crippen LogP contribution in [0.5, 0.6) is 0 Å². The molecule has 2 N–H and O–H groups in total. The molecule has 2 atom stereocenters. The summed E-state index contributed by atoms with van der Waals surface area (Å²) in [6.07, 6.45) is 6.61. The first-order chi connectivity index (χ1) is 6.99. The zero-order valence-electron chi connectivity index (χ0n) is 9.31. The highest BCUT2D eigenvalue weighted by Crippen LogP contribution is 2.28. The Morgan fingerprint density at radius 1 is 1.47 bits per heavy atom. The summed E-state index contributed by atoms with van der Waals surface area (Å²) in [7, 11) is -2.81.